The second-order valence-corrected chi connectivity index (χ2v) is 5.45. The van der Waals surface area contributed by atoms with E-state index in [0.29, 0.717) is 0 Å². The predicted octanol–water partition coefficient (Wildman–Crippen LogP) is 2.19. The maximum Gasteiger partial charge on any atom is 0.0642 e. The first-order valence-corrected chi connectivity index (χ1v) is 6.81. The van der Waals surface area contributed by atoms with Gasteiger partial charge in [-0.3, -0.25) is 0 Å². The van der Waals surface area contributed by atoms with E-state index in [0.717, 1.165) is 39.1 Å². The quantitative estimate of drug-likeness (QED) is 0.887. The Morgan fingerprint density at radius 2 is 1.83 bits per heavy atom. The van der Waals surface area contributed by atoms with Crippen molar-refractivity contribution in [2.24, 2.45) is 5.73 Å². The van der Waals surface area contributed by atoms with Crippen LogP contribution in [0.4, 0.5) is 5.69 Å². The van der Waals surface area contributed by atoms with Gasteiger partial charge in [0.2, 0.25) is 0 Å². The molecule has 100 valence electrons. The summed E-state index contributed by atoms with van der Waals surface area (Å²) in [4.78, 5) is 2.37. The highest BCUT2D eigenvalue weighted by atomic mass is 16.5. The van der Waals surface area contributed by atoms with Gasteiger partial charge in [-0.15, -0.1) is 0 Å². The molecule has 1 atom stereocenters. The van der Waals surface area contributed by atoms with Crippen LogP contribution < -0.4 is 10.6 Å². The SMILES string of the molecule is CCC(C)(N)Cc1ccc(N2CCOCC2)cc1. The van der Waals surface area contributed by atoms with E-state index in [1.165, 1.54) is 11.3 Å². The average Bonchev–Trinajstić information content (AvgIpc) is 2.40. The number of morpholine rings is 1. The van der Waals surface area contributed by atoms with E-state index in [4.69, 9.17) is 10.5 Å². The van der Waals surface area contributed by atoms with E-state index < -0.39 is 0 Å². The van der Waals surface area contributed by atoms with Crippen molar-refractivity contribution >= 4 is 5.69 Å². The molecule has 1 aromatic rings. The second kappa shape index (κ2) is 5.72. The third-order valence-corrected chi connectivity index (χ3v) is 3.73. The van der Waals surface area contributed by atoms with Crippen molar-refractivity contribution in [2.75, 3.05) is 31.2 Å². The second-order valence-electron chi connectivity index (χ2n) is 5.45. The lowest BCUT2D eigenvalue weighted by Gasteiger charge is -2.29. The number of hydrogen-bond acceptors (Lipinski definition) is 3. The Hall–Kier alpha value is -1.06. The number of rotatable bonds is 4. The van der Waals surface area contributed by atoms with Gasteiger partial charge in [0.05, 0.1) is 13.2 Å². The monoisotopic (exact) mass is 248 g/mol. The molecule has 1 saturated heterocycles. The summed E-state index contributed by atoms with van der Waals surface area (Å²) >= 11 is 0. The minimum atomic E-state index is -0.0967. The van der Waals surface area contributed by atoms with Crippen LogP contribution in [0.25, 0.3) is 0 Å². The summed E-state index contributed by atoms with van der Waals surface area (Å²) in [5.41, 5.74) is 8.71. The van der Waals surface area contributed by atoms with Gasteiger partial charge < -0.3 is 15.4 Å². The fraction of sp³-hybridized carbons (Fsp3) is 0.600. The molecule has 0 spiro atoms. The molecule has 1 heterocycles. The molecular formula is C15H24N2O. The fourth-order valence-corrected chi connectivity index (χ4v) is 2.24. The average molecular weight is 248 g/mol. The predicted molar refractivity (Wildman–Crippen MR) is 76.1 cm³/mol. The molecule has 1 fully saturated rings. The van der Waals surface area contributed by atoms with Crippen molar-refractivity contribution < 1.29 is 4.74 Å². The molecule has 1 unspecified atom stereocenters. The van der Waals surface area contributed by atoms with Crippen LogP contribution in [0.2, 0.25) is 0 Å². The van der Waals surface area contributed by atoms with Gasteiger partial charge in [-0.1, -0.05) is 19.1 Å². The van der Waals surface area contributed by atoms with Crippen LogP contribution in [0.3, 0.4) is 0 Å². The van der Waals surface area contributed by atoms with Crippen LogP contribution in [-0.4, -0.2) is 31.8 Å². The number of nitrogens with two attached hydrogens (primary N) is 1. The molecule has 1 aromatic carbocycles. The van der Waals surface area contributed by atoms with Gasteiger partial charge in [0.25, 0.3) is 0 Å². The van der Waals surface area contributed by atoms with Gasteiger partial charge >= 0.3 is 0 Å². The summed E-state index contributed by atoms with van der Waals surface area (Å²) < 4.78 is 5.37. The van der Waals surface area contributed by atoms with E-state index in [2.05, 4.69) is 43.0 Å². The lowest BCUT2D eigenvalue weighted by Crippen LogP contribution is -2.37. The highest BCUT2D eigenvalue weighted by Crippen LogP contribution is 2.19. The summed E-state index contributed by atoms with van der Waals surface area (Å²) in [5.74, 6) is 0. The zero-order valence-corrected chi connectivity index (χ0v) is 11.5. The summed E-state index contributed by atoms with van der Waals surface area (Å²) in [7, 11) is 0. The van der Waals surface area contributed by atoms with Gasteiger partial charge in [-0.2, -0.15) is 0 Å². The number of nitrogens with zero attached hydrogens (tertiary/aromatic N) is 1. The molecule has 0 amide bonds. The van der Waals surface area contributed by atoms with Gasteiger partial charge in [0, 0.05) is 24.3 Å². The Morgan fingerprint density at radius 1 is 1.22 bits per heavy atom. The first-order chi connectivity index (χ1) is 8.61. The van der Waals surface area contributed by atoms with Crippen molar-refractivity contribution in [2.45, 2.75) is 32.2 Å². The van der Waals surface area contributed by atoms with Crippen LogP contribution in [0.1, 0.15) is 25.8 Å². The van der Waals surface area contributed by atoms with E-state index >= 15 is 0 Å². The number of anilines is 1. The van der Waals surface area contributed by atoms with Crippen LogP contribution in [-0.2, 0) is 11.2 Å². The molecule has 1 aliphatic rings. The maximum atomic E-state index is 6.20. The van der Waals surface area contributed by atoms with E-state index in [-0.39, 0.29) is 5.54 Å². The molecule has 0 saturated carbocycles. The number of hydrogen-bond donors (Lipinski definition) is 1. The molecule has 1 aliphatic heterocycles. The molecule has 3 heteroatoms. The Kier molecular flexibility index (Phi) is 4.25. The largest absolute Gasteiger partial charge is 0.378 e. The van der Waals surface area contributed by atoms with E-state index in [9.17, 15) is 0 Å². The van der Waals surface area contributed by atoms with Gasteiger partial charge in [-0.25, -0.2) is 0 Å². The Balaban J connectivity index is 2.00. The number of ether oxygens (including phenoxy) is 1. The normalized spacial score (nSPS) is 19.6. The van der Waals surface area contributed by atoms with E-state index in [1.807, 2.05) is 0 Å². The standard InChI is InChI=1S/C15H24N2O/c1-3-15(2,16)12-13-4-6-14(7-5-13)17-8-10-18-11-9-17/h4-7H,3,8-12,16H2,1-2H3. The molecule has 3 nitrogen and oxygen atoms in total. The molecule has 18 heavy (non-hydrogen) atoms. The molecule has 0 aromatic heterocycles. The molecule has 0 radical (unpaired) electrons. The van der Waals surface area contributed by atoms with Gasteiger partial charge in [-0.05, 0) is 37.5 Å². The van der Waals surface area contributed by atoms with Gasteiger partial charge in [0.15, 0.2) is 0 Å². The Bertz CT molecular complexity index is 367. The zero-order chi connectivity index (χ0) is 13.0. The Labute approximate surface area is 110 Å². The first kappa shape index (κ1) is 13.4. The zero-order valence-electron chi connectivity index (χ0n) is 11.5. The third kappa shape index (κ3) is 3.47. The van der Waals surface area contributed by atoms with Crippen molar-refractivity contribution in [3.8, 4) is 0 Å². The van der Waals surface area contributed by atoms with Crippen LogP contribution in [0, 0.1) is 0 Å². The molecule has 0 aliphatic carbocycles. The summed E-state index contributed by atoms with van der Waals surface area (Å²) in [6, 6.07) is 8.80. The topological polar surface area (TPSA) is 38.5 Å². The molecule has 2 rings (SSSR count). The highest BCUT2D eigenvalue weighted by Gasteiger charge is 2.16. The smallest absolute Gasteiger partial charge is 0.0642 e. The summed E-state index contributed by atoms with van der Waals surface area (Å²) in [5, 5.41) is 0. The molecule has 0 bridgehead atoms. The van der Waals surface area contributed by atoms with Crippen molar-refractivity contribution in [3.63, 3.8) is 0 Å². The lowest BCUT2D eigenvalue weighted by atomic mass is 9.91. The fourth-order valence-electron chi connectivity index (χ4n) is 2.24. The maximum absolute atomic E-state index is 6.20. The molecule has 2 N–H and O–H groups in total. The highest BCUT2D eigenvalue weighted by molar-refractivity contribution is 5.48. The van der Waals surface area contributed by atoms with Crippen LogP contribution in [0.15, 0.2) is 24.3 Å². The minimum Gasteiger partial charge on any atom is -0.378 e. The third-order valence-electron chi connectivity index (χ3n) is 3.73. The van der Waals surface area contributed by atoms with Crippen LogP contribution >= 0.6 is 0 Å². The van der Waals surface area contributed by atoms with Crippen molar-refractivity contribution in [3.05, 3.63) is 29.8 Å². The lowest BCUT2D eigenvalue weighted by molar-refractivity contribution is 0.122. The number of benzene rings is 1. The summed E-state index contributed by atoms with van der Waals surface area (Å²) in [6.45, 7) is 7.90. The van der Waals surface area contributed by atoms with Gasteiger partial charge in [0.1, 0.15) is 0 Å². The molecular weight excluding hydrogens is 224 g/mol. The minimum absolute atomic E-state index is 0.0967. The summed E-state index contributed by atoms with van der Waals surface area (Å²) in [6.07, 6.45) is 1.94. The van der Waals surface area contributed by atoms with E-state index in [1.54, 1.807) is 0 Å². The van der Waals surface area contributed by atoms with Crippen molar-refractivity contribution in [1.29, 1.82) is 0 Å². The first-order valence-electron chi connectivity index (χ1n) is 6.81. The van der Waals surface area contributed by atoms with Crippen LogP contribution in [0.5, 0.6) is 0 Å². The Morgan fingerprint density at radius 3 is 2.39 bits per heavy atom. The van der Waals surface area contributed by atoms with Crippen molar-refractivity contribution in [1.82, 2.24) is 0 Å².